The van der Waals surface area contributed by atoms with Crippen LogP contribution >= 0.6 is 0 Å². The van der Waals surface area contributed by atoms with Crippen LogP contribution in [0.15, 0.2) is 12.4 Å². The predicted octanol–water partition coefficient (Wildman–Crippen LogP) is 1.41. The molecule has 0 spiro atoms. The highest BCUT2D eigenvalue weighted by molar-refractivity contribution is 5.93. The first-order valence-corrected chi connectivity index (χ1v) is 6.57. The molecule has 1 heterocycles. The molecule has 0 aromatic carbocycles. The third kappa shape index (κ3) is 4.82. The van der Waals surface area contributed by atoms with E-state index in [1.807, 2.05) is 13.8 Å². The van der Waals surface area contributed by atoms with Gasteiger partial charge in [-0.2, -0.15) is 0 Å². The molecular weight excluding hydrogens is 244 g/mol. The van der Waals surface area contributed by atoms with Crippen LogP contribution in [0.3, 0.4) is 0 Å². The van der Waals surface area contributed by atoms with Crippen LogP contribution in [0, 0.1) is 0 Å². The largest absolute Gasteiger partial charge is 0.385 e. The van der Waals surface area contributed by atoms with Crippen molar-refractivity contribution >= 4 is 11.9 Å². The maximum atomic E-state index is 12.0. The molecule has 1 aromatic heterocycles. The molecule has 106 valence electrons. The van der Waals surface area contributed by atoms with Crippen molar-refractivity contribution in [3.05, 3.63) is 18.0 Å². The number of anilines is 1. The lowest BCUT2D eigenvalue weighted by Gasteiger charge is -2.18. The van der Waals surface area contributed by atoms with Gasteiger partial charge in [0.15, 0.2) is 0 Å². The van der Waals surface area contributed by atoms with Gasteiger partial charge in [0.25, 0.3) is 5.91 Å². The van der Waals surface area contributed by atoms with Crippen molar-refractivity contribution < 1.29 is 9.53 Å². The summed E-state index contributed by atoms with van der Waals surface area (Å²) in [5, 5.41) is 3.08. The second kappa shape index (κ2) is 8.42. The van der Waals surface area contributed by atoms with Crippen molar-refractivity contribution in [1.82, 2.24) is 14.9 Å². The van der Waals surface area contributed by atoms with E-state index in [0.29, 0.717) is 31.2 Å². The van der Waals surface area contributed by atoms with E-state index in [1.165, 1.54) is 0 Å². The summed E-state index contributed by atoms with van der Waals surface area (Å²) in [6, 6.07) is 0. The van der Waals surface area contributed by atoms with Crippen LogP contribution in [0.4, 0.5) is 5.95 Å². The van der Waals surface area contributed by atoms with Crippen LogP contribution in [0.2, 0.25) is 0 Å². The molecule has 0 saturated carbocycles. The van der Waals surface area contributed by atoms with E-state index in [2.05, 4.69) is 15.3 Å². The Morgan fingerprint density at radius 2 is 1.95 bits per heavy atom. The van der Waals surface area contributed by atoms with Gasteiger partial charge in [0.2, 0.25) is 5.95 Å². The van der Waals surface area contributed by atoms with Crippen molar-refractivity contribution in [3.8, 4) is 0 Å². The summed E-state index contributed by atoms with van der Waals surface area (Å²) in [7, 11) is 1.67. The van der Waals surface area contributed by atoms with Gasteiger partial charge in [0.1, 0.15) is 0 Å². The van der Waals surface area contributed by atoms with E-state index >= 15 is 0 Å². The maximum Gasteiger partial charge on any atom is 0.256 e. The third-order valence-corrected chi connectivity index (χ3v) is 2.76. The lowest BCUT2D eigenvalue weighted by Crippen LogP contribution is -2.30. The standard InChI is InChI=1S/C13H22N4O2/c1-4-17(5-2)12(18)11-9-15-13(16-10-11)14-7-6-8-19-3/h9-10H,4-8H2,1-3H3,(H,14,15,16). The van der Waals surface area contributed by atoms with Gasteiger partial charge in [-0.3, -0.25) is 4.79 Å². The highest BCUT2D eigenvalue weighted by Gasteiger charge is 2.13. The zero-order valence-electron chi connectivity index (χ0n) is 11.8. The molecule has 1 rings (SSSR count). The van der Waals surface area contributed by atoms with Crippen molar-refractivity contribution in [3.63, 3.8) is 0 Å². The van der Waals surface area contributed by atoms with Crippen LogP contribution < -0.4 is 5.32 Å². The topological polar surface area (TPSA) is 67.4 Å². The molecule has 1 amide bonds. The maximum absolute atomic E-state index is 12.0. The van der Waals surface area contributed by atoms with Crippen LogP contribution in [0.1, 0.15) is 30.6 Å². The van der Waals surface area contributed by atoms with Crippen LogP contribution in [0.5, 0.6) is 0 Å². The van der Waals surface area contributed by atoms with E-state index in [-0.39, 0.29) is 5.91 Å². The Hall–Kier alpha value is -1.69. The first kappa shape index (κ1) is 15.4. The minimum Gasteiger partial charge on any atom is -0.385 e. The molecule has 0 aliphatic rings. The molecule has 0 saturated heterocycles. The quantitative estimate of drug-likeness (QED) is 0.720. The molecule has 0 radical (unpaired) electrons. The fraction of sp³-hybridized carbons (Fsp3) is 0.615. The Balaban J connectivity index is 2.53. The molecule has 0 aliphatic carbocycles. The SMILES string of the molecule is CCN(CC)C(=O)c1cnc(NCCCOC)nc1. The summed E-state index contributed by atoms with van der Waals surface area (Å²) >= 11 is 0. The Morgan fingerprint density at radius 1 is 1.32 bits per heavy atom. The van der Waals surface area contributed by atoms with Crippen LogP contribution in [-0.4, -0.2) is 54.1 Å². The molecule has 0 fully saturated rings. The fourth-order valence-electron chi connectivity index (χ4n) is 1.64. The Kier molecular flexibility index (Phi) is 6.81. The minimum atomic E-state index is -0.0315. The number of aromatic nitrogens is 2. The molecule has 6 heteroatoms. The average Bonchev–Trinajstić information content (AvgIpc) is 2.45. The number of ether oxygens (including phenoxy) is 1. The van der Waals surface area contributed by atoms with Gasteiger partial charge >= 0.3 is 0 Å². The lowest BCUT2D eigenvalue weighted by atomic mass is 10.3. The van der Waals surface area contributed by atoms with Gasteiger partial charge < -0.3 is 15.0 Å². The monoisotopic (exact) mass is 266 g/mol. The second-order valence-electron chi connectivity index (χ2n) is 4.05. The molecule has 19 heavy (non-hydrogen) atoms. The van der Waals surface area contributed by atoms with E-state index in [0.717, 1.165) is 13.0 Å². The smallest absolute Gasteiger partial charge is 0.256 e. The Bertz CT molecular complexity index is 377. The summed E-state index contributed by atoms with van der Waals surface area (Å²) in [5.74, 6) is 0.503. The van der Waals surface area contributed by atoms with Crippen LogP contribution in [-0.2, 0) is 4.74 Å². The predicted molar refractivity (Wildman–Crippen MR) is 74.3 cm³/mol. The number of hydrogen-bond acceptors (Lipinski definition) is 5. The normalized spacial score (nSPS) is 10.3. The van der Waals surface area contributed by atoms with E-state index in [9.17, 15) is 4.79 Å². The zero-order chi connectivity index (χ0) is 14.1. The second-order valence-corrected chi connectivity index (χ2v) is 4.05. The fourth-order valence-corrected chi connectivity index (χ4v) is 1.64. The number of hydrogen-bond donors (Lipinski definition) is 1. The van der Waals surface area contributed by atoms with Crippen molar-refractivity contribution in [1.29, 1.82) is 0 Å². The minimum absolute atomic E-state index is 0.0315. The average molecular weight is 266 g/mol. The van der Waals surface area contributed by atoms with Gasteiger partial charge in [-0.15, -0.1) is 0 Å². The molecule has 1 aromatic rings. The first-order valence-electron chi connectivity index (χ1n) is 6.57. The van der Waals surface area contributed by atoms with Crippen molar-refractivity contribution in [2.75, 3.05) is 38.7 Å². The molecule has 0 bridgehead atoms. The highest BCUT2D eigenvalue weighted by Crippen LogP contribution is 2.04. The van der Waals surface area contributed by atoms with E-state index in [4.69, 9.17) is 4.74 Å². The number of carbonyl (C=O) groups is 1. The van der Waals surface area contributed by atoms with Crippen molar-refractivity contribution in [2.24, 2.45) is 0 Å². The summed E-state index contributed by atoms with van der Waals surface area (Å²) < 4.78 is 4.95. The molecule has 1 N–H and O–H groups in total. The Morgan fingerprint density at radius 3 is 2.47 bits per heavy atom. The van der Waals surface area contributed by atoms with Gasteiger partial charge in [0.05, 0.1) is 5.56 Å². The van der Waals surface area contributed by atoms with Gasteiger partial charge in [-0.05, 0) is 20.3 Å². The molecule has 0 aliphatic heterocycles. The number of carbonyl (C=O) groups excluding carboxylic acids is 1. The molecule has 0 unspecified atom stereocenters. The number of nitrogens with one attached hydrogen (secondary N) is 1. The summed E-state index contributed by atoms with van der Waals surface area (Å²) in [6.07, 6.45) is 4.01. The molecular formula is C13H22N4O2. The van der Waals surface area contributed by atoms with Gasteiger partial charge in [-0.25, -0.2) is 9.97 Å². The summed E-state index contributed by atoms with van der Waals surface area (Å²) in [5.41, 5.74) is 0.520. The summed E-state index contributed by atoms with van der Waals surface area (Å²) in [6.45, 7) is 6.73. The number of nitrogens with zero attached hydrogens (tertiary/aromatic N) is 3. The van der Waals surface area contributed by atoms with Gasteiger partial charge in [-0.1, -0.05) is 0 Å². The van der Waals surface area contributed by atoms with Crippen LogP contribution in [0.25, 0.3) is 0 Å². The molecule has 6 nitrogen and oxygen atoms in total. The third-order valence-electron chi connectivity index (χ3n) is 2.76. The highest BCUT2D eigenvalue weighted by atomic mass is 16.5. The van der Waals surface area contributed by atoms with E-state index < -0.39 is 0 Å². The van der Waals surface area contributed by atoms with Gasteiger partial charge in [0, 0.05) is 45.7 Å². The van der Waals surface area contributed by atoms with Crippen molar-refractivity contribution in [2.45, 2.75) is 20.3 Å². The Labute approximate surface area is 114 Å². The number of rotatable bonds is 8. The van der Waals surface area contributed by atoms with E-state index in [1.54, 1.807) is 24.4 Å². The molecule has 0 atom stereocenters. The zero-order valence-corrected chi connectivity index (χ0v) is 11.8. The number of amides is 1. The lowest BCUT2D eigenvalue weighted by molar-refractivity contribution is 0.0772. The summed E-state index contributed by atoms with van der Waals surface area (Å²) in [4.78, 5) is 22.0. The number of methoxy groups -OCH3 is 1. The first-order chi connectivity index (χ1) is 9.22.